The number of nitrogens with one attached hydrogen (secondary N) is 1. The molecule has 0 aliphatic rings. The highest BCUT2D eigenvalue weighted by Gasteiger charge is 1.73. The van der Waals surface area contributed by atoms with Crippen LogP contribution in [0.1, 0.15) is 20.3 Å². The summed E-state index contributed by atoms with van der Waals surface area (Å²) in [5.41, 5.74) is 5.17. The number of hydrogen-bond donors (Lipinski definition) is 3. The fraction of sp³-hybridized carbons (Fsp3) is 1.00. The van der Waals surface area contributed by atoms with Gasteiger partial charge in [0.25, 0.3) is 0 Å². The van der Waals surface area contributed by atoms with Crippen LogP contribution in [-0.2, 0) is 0 Å². The van der Waals surface area contributed by atoms with Crippen LogP contribution in [0.25, 0.3) is 0 Å². The summed E-state index contributed by atoms with van der Waals surface area (Å²) in [6.45, 7) is 5.83. The molecule has 0 aliphatic carbocycles. The van der Waals surface area contributed by atoms with Crippen molar-refractivity contribution in [3.8, 4) is 0 Å². The number of rotatable bonds is 3. The van der Waals surface area contributed by atoms with Gasteiger partial charge in [0.1, 0.15) is 0 Å². The third-order valence-electron chi connectivity index (χ3n) is 0.631. The fourth-order valence-corrected chi connectivity index (χ4v) is 0.279. The minimum atomic E-state index is 0. The smallest absolute Gasteiger partial charge is 0.00399 e. The third-order valence-corrected chi connectivity index (χ3v) is 0.631. The van der Waals surface area contributed by atoms with Crippen LogP contribution in [0, 0.1) is 0 Å². The molecule has 0 amide bonds. The van der Waals surface area contributed by atoms with Crippen molar-refractivity contribution in [1.82, 2.24) is 11.5 Å². The van der Waals surface area contributed by atoms with Gasteiger partial charge in [-0.25, -0.2) is 0 Å². The van der Waals surface area contributed by atoms with Crippen molar-refractivity contribution in [2.75, 3.05) is 20.1 Å². The molecule has 0 aliphatic heterocycles. The quantitative estimate of drug-likeness (QED) is 0.500. The Kier molecular flexibility index (Phi) is 43.9. The maximum Gasteiger partial charge on any atom is -0.00399 e. The normalized spacial score (nSPS) is 6.67. The van der Waals surface area contributed by atoms with E-state index in [4.69, 9.17) is 5.73 Å². The van der Waals surface area contributed by atoms with Gasteiger partial charge in [-0.3, -0.25) is 0 Å². The average molecular weight is 135 g/mol. The third kappa shape index (κ3) is 32.8. The summed E-state index contributed by atoms with van der Waals surface area (Å²) in [6, 6.07) is 0. The summed E-state index contributed by atoms with van der Waals surface area (Å²) in [5, 5.41) is 2.99. The van der Waals surface area contributed by atoms with Crippen LogP contribution in [0.2, 0.25) is 0 Å². The van der Waals surface area contributed by atoms with Gasteiger partial charge in [0.2, 0.25) is 0 Å². The molecule has 0 bridgehead atoms. The van der Waals surface area contributed by atoms with Crippen molar-refractivity contribution in [2.45, 2.75) is 20.3 Å². The molecule has 0 rings (SSSR count). The summed E-state index contributed by atoms with van der Waals surface area (Å²) in [4.78, 5) is 0. The lowest BCUT2D eigenvalue weighted by atomic mass is 10.4. The van der Waals surface area contributed by atoms with Gasteiger partial charge < -0.3 is 17.2 Å². The Bertz CT molecular complexity index is 20.3. The first-order chi connectivity index (χ1) is 3.91. The summed E-state index contributed by atoms with van der Waals surface area (Å²) in [5.74, 6) is 0. The molecule has 0 radical (unpaired) electrons. The number of nitrogens with two attached hydrogens (primary N) is 1. The van der Waals surface area contributed by atoms with E-state index in [0.717, 1.165) is 19.5 Å². The van der Waals surface area contributed by atoms with Gasteiger partial charge in [-0.05, 0) is 26.6 Å². The van der Waals surface area contributed by atoms with Gasteiger partial charge >= 0.3 is 0 Å². The lowest BCUT2D eigenvalue weighted by Crippen LogP contribution is -2.12. The zero-order chi connectivity index (χ0) is 6.83. The fourth-order valence-electron chi connectivity index (χ4n) is 0.279. The predicted octanol–water partition coefficient (Wildman–Crippen LogP) is 0.743. The van der Waals surface area contributed by atoms with Crippen LogP contribution in [0.3, 0.4) is 0 Å². The lowest BCUT2D eigenvalue weighted by Gasteiger charge is -1.90. The van der Waals surface area contributed by atoms with Crippen LogP contribution in [0.15, 0.2) is 0 Å². The zero-order valence-electron chi connectivity index (χ0n) is 6.91. The van der Waals surface area contributed by atoms with Crippen molar-refractivity contribution in [2.24, 2.45) is 5.73 Å². The van der Waals surface area contributed by atoms with E-state index < -0.39 is 0 Å². The molecule has 9 heavy (non-hydrogen) atoms. The molecule has 0 fully saturated rings. The molecule has 0 aromatic rings. The molecule has 0 saturated carbocycles. The Morgan fingerprint density at radius 3 is 1.89 bits per heavy atom. The Morgan fingerprint density at radius 1 is 1.33 bits per heavy atom. The van der Waals surface area contributed by atoms with E-state index in [1.165, 1.54) is 0 Å². The van der Waals surface area contributed by atoms with E-state index in [0.29, 0.717) is 0 Å². The topological polar surface area (TPSA) is 73.0 Å². The van der Waals surface area contributed by atoms with Gasteiger partial charge in [0.05, 0.1) is 0 Å². The van der Waals surface area contributed by atoms with Crippen LogP contribution in [0.4, 0.5) is 0 Å². The van der Waals surface area contributed by atoms with E-state index in [-0.39, 0.29) is 6.15 Å². The second-order valence-electron chi connectivity index (χ2n) is 1.25. The van der Waals surface area contributed by atoms with Crippen molar-refractivity contribution in [3.05, 3.63) is 0 Å². The standard InChI is InChI=1S/C4H12N2.C2H6.H3N/c1-6-4-2-3-5;1-2;/h6H,2-5H2,1H3;1-2H3;1H3. The highest BCUT2D eigenvalue weighted by molar-refractivity contribution is 4.38. The molecule has 3 heteroatoms. The van der Waals surface area contributed by atoms with Crippen LogP contribution >= 0.6 is 0 Å². The molecule has 0 atom stereocenters. The van der Waals surface area contributed by atoms with Crippen LogP contribution < -0.4 is 17.2 Å². The van der Waals surface area contributed by atoms with Gasteiger partial charge in [-0.15, -0.1) is 0 Å². The van der Waals surface area contributed by atoms with Crippen molar-refractivity contribution < 1.29 is 0 Å². The summed E-state index contributed by atoms with van der Waals surface area (Å²) in [7, 11) is 1.93. The molecule has 0 spiro atoms. The SMILES string of the molecule is CC.CNCCCN.N. The first-order valence-electron chi connectivity index (χ1n) is 3.26. The van der Waals surface area contributed by atoms with E-state index in [1.807, 2.05) is 20.9 Å². The molecule has 0 unspecified atom stereocenters. The van der Waals surface area contributed by atoms with Gasteiger partial charge in [-0.2, -0.15) is 0 Å². The molecule has 0 aromatic heterocycles. The van der Waals surface area contributed by atoms with Crippen molar-refractivity contribution in [1.29, 1.82) is 0 Å². The first-order valence-corrected chi connectivity index (χ1v) is 3.26. The number of hydrogen-bond acceptors (Lipinski definition) is 3. The second-order valence-corrected chi connectivity index (χ2v) is 1.25. The summed E-state index contributed by atoms with van der Waals surface area (Å²) in [6.07, 6.45) is 1.08. The minimum Gasteiger partial charge on any atom is -0.344 e. The van der Waals surface area contributed by atoms with Crippen LogP contribution in [0.5, 0.6) is 0 Å². The highest BCUT2D eigenvalue weighted by atomic mass is 14.8. The maximum atomic E-state index is 5.17. The monoisotopic (exact) mass is 135 g/mol. The molecule has 0 heterocycles. The van der Waals surface area contributed by atoms with E-state index in [2.05, 4.69) is 5.32 Å². The van der Waals surface area contributed by atoms with Gasteiger partial charge in [0, 0.05) is 0 Å². The van der Waals surface area contributed by atoms with Crippen LogP contribution in [-0.4, -0.2) is 20.1 Å². The second kappa shape index (κ2) is 24.8. The highest BCUT2D eigenvalue weighted by Crippen LogP contribution is 1.63. The molecule has 0 aromatic carbocycles. The summed E-state index contributed by atoms with van der Waals surface area (Å²) < 4.78 is 0. The van der Waals surface area contributed by atoms with Gasteiger partial charge in [0.15, 0.2) is 0 Å². The molecule has 6 N–H and O–H groups in total. The van der Waals surface area contributed by atoms with Crippen molar-refractivity contribution >= 4 is 0 Å². The summed E-state index contributed by atoms with van der Waals surface area (Å²) >= 11 is 0. The zero-order valence-corrected chi connectivity index (χ0v) is 6.91. The minimum absolute atomic E-state index is 0. The Balaban J connectivity index is -0.000000109. The van der Waals surface area contributed by atoms with Gasteiger partial charge in [-0.1, -0.05) is 13.8 Å². The molecule has 3 nitrogen and oxygen atoms in total. The molecule has 60 valence electrons. The predicted molar refractivity (Wildman–Crippen MR) is 44.0 cm³/mol. The van der Waals surface area contributed by atoms with Crippen molar-refractivity contribution in [3.63, 3.8) is 0 Å². The largest absolute Gasteiger partial charge is 0.344 e. The Labute approximate surface area is 58.6 Å². The Hall–Kier alpha value is -0.120. The van der Waals surface area contributed by atoms with E-state index in [1.54, 1.807) is 0 Å². The molecular weight excluding hydrogens is 114 g/mol. The average Bonchev–Trinajstić information content (AvgIpc) is 1.88. The Morgan fingerprint density at radius 2 is 1.78 bits per heavy atom. The van der Waals surface area contributed by atoms with E-state index in [9.17, 15) is 0 Å². The first kappa shape index (κ1) is 15.9. The molecule has 0 saturated heterocycles. The maximum absolute atomic E-state index is 5.17. The lowest BCUT2D eigenvalue weighted by molar-refractivity contribution is 0.733. The van der Waals surface area contributed by atoms with E-state index >= 15 is 0 Å². The molecular formula is C6H21N3.